The summed E-state index contributed by atoms with van der Waals surface area (Å²) in [6, 6.07) is 12.9. The maximum Gasteiger partial charge on any atom is 0.335 e. The Labute approximate surface area is 176 Å². The van der Waals surface area contributed by atoms with Crippen LogP contribution in [0.4, 0.5) is 5.69 Å². The van der Waals surface area contributed by atoms with Crippen molar-refractivity contribution in [2.45, 2.75) is 0 Å². The van der Waals surface area contributed by atoms with Gasteiger partial charge in [0.1, 0.15) is 16.6 Å². The highest BCUT2D eigenvalue weighted by molar-refractivity contribution is 8.26. The molecule has 0 atom stereocenters. The smallest absolute Gasteiger partial charge is 0.335 e. The number of hydrogen-bond acceptors (Lipinski definition) is 6. The summed E-state index contributed by atoms with van der Waals surface area (Å²) in [6.45, 7) is -0.231. The van der Waals surface area contributed by atoms with Crippen molar-refractivity contribution in [3.63, 3.8) is 0 Å². The topological polar surface area (TPSA) is 95.9 Å². The number of carbonyl (C=O) groups is 3. The van der Waals surface area contributed by atoms with Crippen molar-refractivity contribution in [3.05, 3.63) is 64.6 Å². The lowest BCUT2D eigenvalue weighted by molar-refractivity contribution is -0.126. The lowest BCUT2D eigenvalue weighted by Crippen LogP contribution is -2.36. The summed E-state index contributed by atoms with van der Waals surface area (Å²) < 4.78 is 5.41. The van der Waals surface area contributed by atoms with E-state index in [-0.39, 0.29) is 18.0 Å². The number of nitrogens with one attached hydrogen (secondary N) is 1. The van der Waals surface area contributed by atoms with E-state index in [4.69, 9.17) is 22.1 Å². The van der Waals surface area contributed by atoms with Crippen molar-refractivity contribution in [1.82, 2.24) is 4.90 Å². The van der Waals surface area contributed by atoms with Crippen molar-refractivity contribution < 1.29 is 24.2 Å². The predicted molar refractivity (Wildman–Crippen MR) is 115 cm³/mol. The third kappa shape index (κ3) is 5.01. The predicted octanol–water partition coefficient (Wildman–Crippen LogP) is 3.23. The third-order valence-corrected chi connectivity index (χ3v) is 5.38. The molecule has 2 aromatic carbocycles. The van der Waals surface area contributed by atoms with Gasteiger partial charge in [-0.25, -0.2) is 4.79 Å². The molecule has 0 radical (unpaired) electrons. The zero-order chi connectivity index (χ0) is 21.0. The number of hydrogen-bond donors (Lipinski definition) is 2. The molecule has 2 aromatic rings. The summed E-state index contributed by atoms with van der Waals surface area (Å²) in [5.41, 5.74) is 1.36. The Morgan fingerprint density at radius 2 is 1.83 bits per heavy atom. The highest BCUT2D eigenvalue weighted by atomic mass is 32.2. The minimum Gasteiger partial charge on any atom is -0.497 e. The van der Waals surface area contributed by atoms with E-state index in [1.807, 2.05) is 12.1 Å². The number of carboxylic acids is 1. The van der Waals surface area contributed by atoms with Gasteiger partial charge in [-0.2, -0.15) is 0 Å². The third-order valence-electron chi connectivity index (χ3n) is 4.00. The maximum atomic E-state index is 12.6. The van der Waals surface area contributed by atoms with E-state index in [2.05, 4.69) is 5.32 Å². The fourth-order valence-corrected chi connectivity index (χ4v) is 3.78. The molecule has 9 heteroatoms. The maximum absolute atomic E-state index is 12.6. The summed E-state index contributed by atoms with van der Waals surface area (Å²) >= 11 is 6.37. The first-order valence-corrected chi connectivity index (χ1v) is 9.62. The molecule has 1 heterocycles. The summed E-state index contributed by atoms with van der Waals surface area (Å²) in [7, 11) is 1.58. The van der Waals surface area contributed by atoms with Crippen LogP contribution in [0.2, 0.25) is 0 Å². The van der Waals surface area contributed by atoms with Crippen molar-refractivity contribution in [3.8, 4) is 5.75 Å². The number of amides is 2. The second-order valence-corrected chi connectivity index (χ2v) is 7.65. The lowest BCUT2D eigenvalue weighted by Gasteiger charge is -2.14. The van der Waals surface area contributed by atoms with Gasteiger partial charge in [0.15, 0.2) is 0 Å². The number of carbonyl (C=O) groups excluding carboxylic acids is 2. The van der Waals surface area contributed by atoms with E-state index in [1.54, 1.807) is 25.3 Å². The van der Waals surface area contributed by atoms with E-state index in [9.17, 15) is 14.4 Å². The monoisotopic (exact) mass is 428 g/mol. The number of carboxylic acid groups (broad SMARTS) is 1. The van der Waals surface area contributed by atoms with Gasteiger partial charge >= 0.3 is 5.97 Å². The molecule has 0 bridgehead atoms. The Hall–Kier alpha value is -3.17. The number of nitrogens with zero attached hydrogens (tertiary/aromatic N) is 1. The second-order valence-electron chi connectivity index (χ2n) is 5.97. The van der Waals surface area contributed by atoms with Crippen LogP contribution in [0.15, 0.2) is 53.4 Å². The van der Waals surface area contributed by atoms with Crippen LogP contribution >= 0.6 is 24.0 Å². The van der Waals surface area contributed by atoms with Gasteiger partial charge in [-0.05, 0) is 48.0 Å². The van der Waals surface area contributed by atoms with Gasteiger partial charge in [-0.15, -0.1) is 0 Å². The average Bonchev–Trinajstić information content (AvgIpc) is 2.96. The number of aromatic carboxylic acids is 1. The number of ether oxygens (including phenoxy) is 1. The first-order chi connectivity index (χ1) is 13.9. The molecule has 3 rings (SSSR count). The number of anilines is 1. The van der Waals surface area contributed by atoms with Crippen molar-refractivity contribution in [2.24, 2.45) is 0 Å². The van der Waals surface area contributed by atoms with Gasteiger partial charge in [-0.1, -0.05) is 36.1 Å². The molecule has 0 unspecified atom stereocenters. The first-order valence-electron chi connectivity index (χ1n) is 8.40. The molecular weight excluding hydrogens is 412 g/mol. The van der Waals surface area contributed by atoms with Gasteiger partial charge in [0.2, 0.25) is 5.91 Å². The lowest BCUT2D eigenvalue weighted by atomic mass is 10.2. The summed E-state index contributed by atoms with van der Waals surface area (Å²) in [4.78, 5) is 37.5. The summed E-state index contributed by atoms with van der Waals surface area (Å²) in [5, 5.41) is 11.5. The van der Waals surface area contributed by atoms with E-state index >= 15 is 0 Å². The highest BCUT2D eigenvalue weighted by Gasteiger charge is 2.33. The first kappa shape index (κ1) is 20.6. The van der Waals surface area contributed by atoms with Crippen molar-refractivity contribution >= 4 is 57.8 Å². The van der Waals surface area contributed by atoms with Gasteiger partial charge in [0.05, 0.1) is 17.6 Å². The van der Waals surface area contributed by atoms with Crippen molar-refractivity contribution in [1.29, 1.82) is 0 Å². The number of benzene rings is 2. The van der Waals surface area contributed by atoms with E-state index in [0.717, 1.165) is 17.3 Å². The molecule has 1 aliphatic rings. The zero-order valence-electron chi connectivity index (χ0n) is 15.2. The largest absolute Gasteiger partial charge is 0.497 e. The molecule has 2 amide bonds. The fraction of sp³-hybridized carbons (Fsp3) is 0.100. The number of thiocarbonyl (C=S) groups is 1. The van der Waals surface area contributed by atoms with Gasteiger partial charge in [0, 0.05) is 5.69 Å². The Morgan fingerprint density at radius 3 is 2.41 bits per heavy atom. The van der Waals surface area contributed by atoms with Gasteiger partial charge in [-0.3, -0.25) is 14.5 Å². The number of thioether (sulfide) groups is 1. The van der Waals surface area contributed by atoms with Gasteiger partial charge in [0.25, 0.3) is 5.91 Å². The molecule has 1 fully saturated rings. The van der Waals surface area contributed by atoms with Crippen LogP contribution < -0.4 is 10.1 Å². The minimum absolute atomic E-state index is 0.114. The summed E-state index contributed by atoms with van der Waals surface area (Å²) in [5.74, 6) is -1.12. The molecule has 0 aromatic heterocycles. The van der Waals surface area contributed by atoms with Crippen LogP contribution in [0.3, 0.4) is 0 Å². The number of methoxy groups -OCH3 is 1. The normalized spacial score (nSPS) is 14.9. The average molecular weight is 428 g/mol. The molecule has 29 heavy (non-hydrogen) atoms. The molecule has 0 spiro atoms. The SMILES string of the molecule is COc1ccc(/C=C2\SC(=S)N(CC(=O)Nc3ccc(C(=O)O)cc3)C2=O)cc1. The van der Waals surface area contributed by atoms with Crippen LogP contribution in [0.25, 0.3) is 6.08 Å². The fourth-order valence-electron chi connectivity index (χ4n) is 2.53. The van der Waals surface area contributed by atoms with Crippen LogP contribution in [0.5, 0.6) is 5.75 Å². The van der Waals surface area contributed by atoms with Crippen LogP contribution in [0.1, 0.15) is 15.9 Å². The Morgan fingerprint density at radius 1 is 1.17 bits per heavy atom. The molecular formula is C20H16N2O5S2. The number of rotatable bonds is 6. The van der Waals surface area contributed by atoms with E-state index in [0.29, 0.717) is 20.7 Å². The second kappa shape index (κ2) is 8.89. The van der Waals surface area contributed by atoms with Gasteiger partial charge < -0.3 is 15.2 Å². The Bertz CT molecular complexity index is 1000. The molecule has 7 nitrogen and oxygen atoms in total. The quantitative estimate of drug-likeness (QED) is 0.539. The Balaban J connectivity index is 1.65. The minimum atomic E-state index is -1.05. The molecule has 0 aliphatic carbocycles. The molecule has 1 aliphatic heterocycles. The van der Waals surface area contributed by atoms with Crippen LogP contribution in [-0.4, -0.2) is 45.8 Å². The standard InChI is InChI=1S/C20H16N2O5S2/c1-27-15-8-2-12(3-9-15)10-16-18(24)22(20(28)29-16)11-17(23)21-14-6-4-13(5-7-14)19(25)26/h2-10H,11H2,1H3,(H,21,23)(H,25,26)/b16-10-. The van der Waals surface area contributed by atoms with E-state index < -0.39 is 11.9 Å². The van der Waals surface area contributed by atoms with Crippen molar-refractivity contribution in [2.75, 3.05) is 19.0 Å². The molecule has 0 saturated carbocycles. The highest BCUT2D eigenvalue weighted by Crippen LogP contribution is 2.32. The Kier molecular flexibility index (Phi) is 6.30. The van der Waals surface area contributed by atoms with Crippen LogP contribution in [-0.2, 0) is 9.59 Å². The summed E-state index contributed by atoms with van der Waals surface area (Å²) in [6.07, 6.45) is 1.71. The van der Waals surface area contributed by atoms with Crippen LogP contribution in [0, 0.1) is 0 Å². The zero-order valence-corrected chi connectivity index (χ0v) is 16.9. The molecule has 1 saturated heterocycles. The molecule has 2 N–H and O–H groups in total. The van der Waals surface area contributed by atoms with E-state index in [1.165, 1.54) is 29.2 Å². The molecule has 148 valence electrons.